The normalized spacial score (nSPS) is 11.6. The van der Waals surface area contributed by atoms with E-state index in [-0.39, 0.29) is 17.9 Å². The highest BCUT2D eigenvalue weighted by Crippen LogP contribution is 2.23. The van der Waals surface area contributed by atoms with E-state index >= 15 is 0 Å². The molecule has 2 N–H and O–H groups in total. The number of nitrogens with zero attached hydrogens (tertiary/aromatic N) is 1. The van der Waals surface area contributed by atoms with Crippen molar-refractivity contribution in [2.45, 2.75) is 64.0 Å². The van der Waals surface area contributed by atoms with Gasteiger partial charge in [-0.05, 0) is 30.9 Å². The molecule has 7 heteroatoms. The second-order valence-electron chi connectivity index (χ2n) is 5.61. The Balaban J connectivity index is 2.09. The van der Waals surface area contributed by atoms with Crippen LogP contribution in [0.2, 0.25) is 0 Å². The number of unbranched alkanes of at least 4 members (excludes halogenated alkanes) is 6. The first-order chi connectivity index (χ1) is 10.8. The van der Waals surface area contributed by atoms with Crippen LogP contribution in [0.5, 0.6) is 5.75 Å². The molecule has 130 valence electrons. The largest absolute Gasteiger partial charge is 0.505 e. The summed E-state index contributed by atoms with van der Waals surface area (Å²) in [5.74, 6) is -1.60. The van der Waals surface area contributed by atoms with Gasteiger partial charge >= 0.3 is 12.1 Å². The Hall–Kier alpha value is -1.79. The predicted molar refractivity (Wildman–Crippen MR) is 79.6 cm³/mol. The Kier molecular flexibility index (Phi) is 7.85. The number of aromatic hydroxyl groups is 1. The first kappa shape index (κ1) is 19.3. The Morgan fingerprint density at radius 2 is 1.61 bits per heavy atom. The van der Waals surface area contributed by atoms with Crippen LogP contribution < -0.4 is 0 Å². The number of rotatable bonds is 10. The third kappa shape index (κ3) is 8.42. The summed E-state index contributed by atoms with van der Waals surface area (Å²) >= 11 is 0. The van der Waals surface area contributed by atoms with Crippen molar-refractivity contribution in [1.29, 1.82) is 0 Å². The minimum Gasteiger partial charge on any atom is -0.505 e. The fraction of sp³-hybridized carbons (Fsp3) is 0.625. The molecule has 0 spiro atoms. The summed E-state index contributed by atoms with van der Waals surface area (Å²) in [5, 5.41) is 18.3. The van der Waals surface area contributed by atoms with E-state index in [1.165, 1.54) is 12.3 Å². The molecule has 1 heterocycles. The molecule has 4 nitrogen and oxygen atoms in total. The molecular formula is C16H22F3NO3. The Morgan fingerprint density at radius 1 is 1.04 bits per heavy atom. The van der Waals surface area contributed by atoms with Gasteiger partial charge in [-0.1, -0.05) is 32.1 Å². The van der Waals surface area contributed by atoms with Crippen molar-refractivity contribution in [3.05, 3.63) is 23.5 Å². The van der Waals surface area contributed by atoms with Gasteiger partial charge in [-0.3, -0.25) is 0 Å². The molecule has 0 amide bonds. The summed E-state index contributed by atoms with van der Waals surface area (Å²) in [6.07, 6.45) is 2.69. The van der Waals surface area contributed by atoms with Gasteiger partial charge in [0.25, 0.3) is 0 Å². The number of halogens is 3. The molecule has 1 aromatic rings. The number of aromatic carboxylic acids is 1. The molecule has 0 radical (unpaired) electrons. The van der Waals surface area contributed by atoms with Gasteiger partial charge in [0.2, 0.25) is 0 Å². The van der Waals surface area contributed by atoms with E-state index < -0.39 is 18.6 Å². The Bertz CT molecular complexity index is 504. The average molecular weight is 333 g/mol. The van der Waals surface area contributed by atoms with Crippen LogP contribution in [0.25, 0.3) is 0 Å². The van der Waals surface area contributed by atoms with Crippen molar-refractivity contribution in [3.8, 4) is 5.75 Å². The first-order valence-corrected chi connectivity index (χ1v) is 7.77. The van der Waals surface area contributed by atoms with Crippen molar-refractivity contribution in [2.75, 3.05) is 0 Å². The molecule has 0 aliphatic heterocycles. The van der Waals surface area contributed by atoms with Crippen molar-refractivity contribution in [2.24, 2.45) is 0 Å². The number of carboxylic acid groups (broad SMARTS) is 1. The van der Waals surface area contributed by atoms with Gasteiger partial charge < -0.3 is 10.2 Å². The van der Waals surface area contributed by atoms with Crippen LogP contribution in [0, 0.1) is 0 Å². The molecule has 0 atom stereocenters. The number of carboxylic acids is 1. The Morgan fingerprint density at radius 3 is 2.13 bits per heavy atom. The second kappa shape index (κ2) is 9.37. The number of hydrogen-bond acceptors (Lipinski definition) is 3. The van der Waals surface area contributed by atoms with E-state index in [0.29, 0.717) is 12.8 Å². The molecular weight excluding hydrogens is 311 g/mol. The van der Waals surface area contributed by atoms with Gasteiger partial charge in [-0.15, -0.1) is 0 Å². The zero-order valence-corrected chi connectivity index (χ0v) is 12.9. The maximum Gasteiger partial charge on any atom is 0.389 e. The summed E-state index contributed by atoms with van der Waals surface area (Å²) in [6, 6.07) is 1.41. The summed E-state index contributed by atoms with van der Waals surface area (Å²) in [5.41, 5.74) is 0.422. The third-order valence-corrected chi connectivity index (χ3v) is 3.55. The first-order valence-electron chi connectivity index (χ1n) is 7.77. The monoisotopic (exact) mass is 333 g/mol. The molecule has 0 fully saturated rings. The van der Waals surface area contributed by atoms with Gasteiger partial charge in [-0.25, -0.2) is 9.78 Å². The fourth-order valence-electron chi connectivity index (χ4n) is 2.33. The quantitative estimate of drug-likeness (QED) is 0.608. The topological polar surface area (TPSA) is 70.4 Å². The highest BCUT2D eigenvalue weighted by atomic mass is 19.4. The highest BCUT2D eigenvalue weighted by molar-refractivity contribution is 5.88. The fourth-order valence-corrected chi connectivity index (χ4v) is 2.33. The van der Waals surface area contributed by atoms with E-state index in [1.807, 2.05) is 0 Å². The van der Waals surface area contributed by atoms with Gasteiger partial charge in [0.1, 0.15) is 5.75 Å². The smallest absolute Gasteiger partial charge is 0.389 e. The second-order valence-corrected chi connectivity index (χ2v) is 5.61. The predicted octanol–water partition coefficient (Wildman–Crippen LogP) is 4.71. The van der Waals surface area contributed by atoms with Gasteiger partial charge in [0, 0.05) is 12.6 Å². The molecule has 0 saturated carbocycles. The van der Waals surface area contributed by atoms with Gasteiger partial charge in [0.15, 0.2) is 5.69 Å². The number of alkyl halides is 3. The standard InChI is InChI=1S/C16H22F3NO3/c17-16(18,19)9-7-5-3-1-2-4-6-8-12-10-13(21)14(15(22)23)20-11-12/h10-11,21H,1-9H2,(H,22,23). The van der Waals surface area contributed by atoms with E-state index in [0.717, 1.165) is 37.7 Å². The molecule has 1 aromatic heterocycles. The van der Waals surface area contributed by atoms with E-state index in [9.17, 15) is 23.1 Å². The van der Waals surface area contributed by atoms with Crippen molar-refractivity contribution < 1.29 is 28.2 Å². The summed E-state index contributed by atoms with van der Waals surface area (Å²) in [7, 11) is 0. The third-order valence-electron chi connectivity index (χ3n) is 3.55. The minimum atomic E-state index is -4.05. The number of hydrogen-bond donors (Lipinski definition) is 2. The van der Waals surface area contributed by atoms with E-state index in [4.69, 9.17) is 5.11 Å². The van der Waals surface area contributed by atoms with Crippen LogP contribution in [-0.4, -0.2) is 27.3 Å². The lowest BCUT2D eigenvalue weighted by Crippen LogP contribution is -2.06. The maximum absolute atomic E-state index is 11.9. The van der Waals surface area contributed by atoms with Gasteiger partial charge in [0.05, 0.1) is 0 Å². The van der Waals surface area contributed by atoms with Crippen LogP contribution in [0.3, 0.4) is 0 Å². The van der Waals surface area contributed by atoms with Gasteiger partial charge in [-0.2, -0.15) is 13.2 Å². The Labute approximate surface area is 133 Å². The molecule has 0 saturated heterocycles. The minimum absolute atomic E-state index is 0.199. The number of pyridine rings is 1. The summed E-state index contributed by atoms with van der Waals surface area (Å²) < 4.78 is 35.8. The number of aromatic nitrogens is 1. The lowest BCUT2D eigenvalue weighted by atomic mass is 10.0. The molecule has 0 aliphatic carbocycles. The van der Waals surface area contributed by atoms with Crippen LogP contribution >= 0.6 is 0 Å². The SMILES string of the molecule is O=C(O)c1ncc(CCCCCCCCCC(F)(F)F)cc1O. The molecule has 0 aliphatic rings. The van der Waals surface area contributed by atoms with Crippen LogP contribution in [0.1, 0.15) is 67.4 Å². The maximum atomic E-state index is 11.9. The number of carbonyl (C=O) groups is 1. The molecule has 0 bridgehead atoms. The van der Waals surface area contributed by atoms with Crippen LogP contribution in [-0.2, 0) is 6.42 Å². The van der Waals surface area contributed by atoms with Crippen molar-refractivity contribution in [3.63, 3.8) is 0 Å². The lowest BCUT2D eigenvalue weighted by molar-refractivity contribution is -0.135. The van der Waals surface area contributed by atoms with Crippen LogP contribution in [0.4, 0.5) is 13.2 Å². The molecule has 0 aromatic carbocycles. The van der Waals surface area contributed by atoms with E-state index in [1.54, 1.807) is 0 Å². The van der Waals surface area contributed by atoms with E-state index in [2.05, 4.69) is 4.98 Å². The molecule has 1 rings (SSSR count). The molecule has 0 unspecified atom stereocenters. The summed E-state index contributed by atoms with van der Waals surface area (Å²) in [6.45, 7) is 0. The zero-order chi connectivity index (χ0) is 17.3. The van der Waals surface area contributed by atoms with Crippen molar-refractivity contribution in [1.82, 2.24) is 4.98 Å². The lowest BCUT2D eigenvalue weighted by Gasteiger charge is -2.06. The van der Waals surface area contributed by atoms with Crippen LogP contribution in [0.15, 0.2) is 12.3 Å². The summed E-state index contributed by atoms with van der Waals surface area (Å²) in [4.78, 5) is 14.4. The van der Waals surface area contributed by atoms with Crippen molar-refractivity contribution >= 4 is 5.97 Å². The molecule has 23 heavy (non-hydrogen) atoms. The highest BCUT2D eigenvalue weighted by Gasteiger charge is 2.25. The average Bonchev–Trinajstić information content (AvgIpc) is 2.44. The zero-order valence-electron chi connectivity index (χ0n) is 12.9. The number of aryl methyl sites for hydroxylation is 1.